The van der Waals surface area contributed by atoms with E-state index in [1.807, 2.05) is 35.2 Å². The highest BCUT2D eigenvalue weighted by atomic mass is 16.2. The third kappa shape index (κ3) is 4.42. The van der Waals surface area contributed by atoms with E-state index in [-0.39, 0.29) is 23.5 Å². The van der Waals surface area contributed by atoms with Crippen molar-refractivity contribution in [3.05, 3.63) is 35.9 Å². The number of nitrogens with one attached hydrogen (secondary N) is 1. The zero-order chi connectivity index (χ0) is 20.4. The zero-order valence-corrected chi connectivity index (χ0v) is 17.8. The number of rotatable bonds is 3. The quantitative estimate of drug-likeness (QED) is 0.852. The first kappa shape index (κ1) is 20.2. The van der Waals surface area contributed by atoms with Gasteiger partial charge in [-0.2, -0.15) is 0 Å². The van der Waals surface area contributed by atoms with Crippen LogP contribution in [0.1, 0.15) is 45.1 Å². The van der Waals surface area contributed by atoms with E-state index >= 15 is 0 Å². The lowest BCUT2D eigenvalue weighted by atomic mass is 9.92. The predicted octanol–water partition coefficient (Wildman–Crippen LogP) is 2.69. The van der Waals surface area contributed by atoms with Gasteiger partial charge in [0.25, 0.3) is 0 Å². The van der Waals surface area contributed by atoms with Crippen molar-refractivity contribution >= 4 is 11.9 Å². The monoisotopic (exact) mass is 398 g/mol. The average molecular weight is 399 g/mol. The fourth-order valence-electron chi connectivity index (χ4n) is 5.36. The van der Waals surface area contributed by atoms with Crippen molar-refractivity contribution in [2.24, 2.45) is 5.92 Å². The van der Waals surface area contributed by atoms with Crippen LogP contribution in [0.5, 0.6) is 0 Å². The van der Waals surface area contributed by atoms with Gasteiger partial charge in [0.05, 0.1) is 0 Å². The first-order chi connectivity index (χ1) is 13.9. The van der Waals surface area contributed by atoms with E-state index in [1.54, 1.807) is 0 Å². The van der Waals surface area contributed by atoms with Crippen LogP contribution in [-0.2, 0) is 11.3 Å². The number of amides is 3. The van der Waals surface area contributed by atoms with Crippen molar-refractivity contribution < 1.29 is 9.59 Å². The summed E-state index contributed by atoms with van der Waals surface area (Å²) in [7, 11) is 0. The number of carbonyl (C=O) groups excluding carboxylic acids is 2. The number of hydrogen-bond acceptors (Lipinski definition) is 3. The predicted molar refractivity (Wildman–Crippen MR) is 113 cm³/mol. The van der Waals surface area contributed by atoms with Gasteiger partial charge in [-0.15, -0.1) is 0 Å². The number of urea groups is 1. The molecule has 4 rings (SSSR count). The Bertz CT molecular complexity index is 730. The fraction of sp³-hybridized carbons (Fsp3) is 0.652. The molecule has 0 unspecified atom stereocenters. The van der Waals surface area contributed by atoms with Gasteiger partial charge in [0.2, 0.25) is 5.91 Å². The molecule has 3 aliphatic rings. The molecule has 0 spiro atoms. The SMILES string of the molecule is CC1(C)CN(C(=O)NCc2ccccc2)C[C@@H]2CN(C(=O)C3CCCC3)CCN21. The summed E-state index contributed by atoms with van der Waals surface area (Å²) in [6.07, 6.45) is 4.46. The van der Waals surface area contributed by atoms with Crippen LogP contribution in [-0.4, -0.2) is 70.9 Å². The van der Waals surface area contributed by atoms with Gasteiger partial charge in [-0.05, 0) is 32.3 Å². The fourth-order valence-corrected chi connectivity index (χ4v) is 5.36. The molecule has 0 bridgehead atoms. The summed E-state index contributed by atoms with van der Waals surface area (Å²) in [6, 6.07) is 10.2. The molecule has 2 aliphatic heterocycles. The summed E-state index contributed by atoms with van der Waals surface area (Å²) in [6.45, 7) is 8.80. The van der Waals surface area contributed by atoms with Gasteiger partial charge in [-0.25, -0.2) is 4.79 Å². The van der Waals surface area contributed by atoms with E-state index in [1.165, 1.54) is 12.8 Å². The van der Waals surface area contributed by atoms with Crippen molar-refractivity contribution in [2.45, 2.75) is 57.7 Å². The van der Waals surface area contributed by atoms with E-state index in [0.29, 0.717) is 25.5 Å². The molecule has 0 radical (unpaired) electrons. The minimum absolute atomic E-state index is 0.0131. The maximum Gasteiger partial charge on any atom is 0.317 e. The molecule has 1 saturated carbocycles. The second kappa shape index (κ2) is 8.34. The van der Waals surface area contributed by atoms with Gasteiger partial charge in [-0.3, -0.25) is 9.69 Å². The third-order valence-electron chi connectivity index (χ3n) is 6.86. The first-order valence-electron chi connectivity index (χ1n) is 11.1. The molecular formula is C23H34N4O2. The molecule has 6 nitrogen and oxygen atoms in total. The molecule has 158 valence electrons. The van der Waals surface area contributed by atoms with Crippen molar-refractivity contribution in [1.29, 1.82) is 0 Å². The van der Waals surface area contributed by atoms with Crippen molar-refractivity contribution in [1.82, 2.24) is 20.0 Å². The van der Waals surface area contributed by atoms with Crippen LogP contribution in [0, 0.1) is 5.92 Å². The lowest BCUT2D eigenvalue weighted by molar-refractivity contribution is -0.142. The molecule has 29 heavy (non-hydrogen) atoms. The van der Waals surface area contributed by atoms with Crippen molar-refractivity contribution in [3.8, 4) is 0 Å². The Kier molecular flexibility index (Phi) is 5.81. The molecule has 3 amide bonds. The zero-order valence-electron chi connectivity index (χ0n) is 17.8. The number of fused-ring (bicyclic) bond motifs is 1. The number of carbonyl (C=O) groups is 2. The van der Waals surface area contributed by atoms with Gasteiger partial charge in [-0.1, -0.05) is 43.2 Å². The lowest BCUT2D eigenvalue weighted by Crippen LogP contribution is -2.71. The van der Waals surface area contributed by atoms with Crippen LogP contribution >= 0.6 is 0 Å². The number of nitrogens with zero attached hydrogens (tertiary/aromatic N) is 3. The molecule has 1 aromatic carbocycles. The Balaban J connectivity index is 1.39. The van der Waals surface area contributed by atoms with Crippen LogP contribution < -0.4 is 5.32 Å². The minimum Gasteiger partial charge on any atom is -0.340 e. The Morgan fingerprint density at radius 2 is 1.72 bits per heavy atom. The Morgan fingerprint density at radius 1 is 1.03 bits per heavy atom. The Hall–Kier alpha value is -2.08. The van der Waals surface area contributed by atoms with Crippen molar-refractivity contribution in [3.63, 3.8) is 0 Å². The van der Waals surface area contributed by atoms with Crippen LogP contribution in [0.2, 0.25) is 0 Å². The smallest absolute Gasteiger partial charge is 0.317 e. The topological polar surface area (TPSA) is 55.9 Å². The maximum atomic E-state index is 12.9. The summed E-state index contributed by atoms with van der Waals surface area (Å²) in [5, 5.41) is 3.07. The summed E-state index contributed by atoms with van der Waals surface area (Å²) in [4.78, 5) is 32.3. The maximum absolute atomic E-state index is 12.9. The van der Waals surface area contributed by atoms with Gasteiger partial charge in [0, 0.05) is 56.8 Å². The van der Waals surface area contributed by atoms with Crippen LogP contribution in [0.15, 0.2) is 30.3 Å². The van der Waals surface area contributed by atoms with Gasteiger partial charge >= 0.3 is 6.03 Å². The minimum atomic E-state index is -0.0878. The highest BCUT2D eigenvalue weighted by Crippen LogP contribution is 2.31. The molecule has 3 fully saturated rings. The third-order valence-corrected chi connectivity index (χ3v) is 6.86. The number of hydrogen-bond donors (Lipinski definition) is 1. The van der Waals surface area contributed by atoms with E-state index in [2.05, 4.69) is 29.0 Å². The van der Waals surface area contributed by atoms with E-state index < -0.39 is 0 Å². The van der Waals surface area contributed by atoms with Crippen LogP contribution in [0.25, 0.3) is 0 Å². The molecule has 1 aromatic rings. The summed E-state index contributed by atoms with van der Waals surface area (Å²) in [5.74, 6) is 0.564. The molecule has 1 aliphatic carbocycles. The Labute approximate surface area is 174 Å². The molecule has 6 heteroatoms. The largest absolute Gasteiger partial charge is 0.340 e. The van der Waals surface area contributed by atoms with Gasteiger partial charge < -0.3 is 15.1 Å². The lowest BCUT2D eigenvalue weighted by Gasteiger charge is -2.55. The number of benzene rings is 1. The summed E-state index contributed by atoms with van der Waals surface area (Å²) < 4.78 is 0. The molecular weight excluding hydrogens is 364 g/mol. The second-order valence-corrected chi connectivity index (χ2v) is 9.45. The average Bonchev–Trinajstić information content (AvgIpc) is 3.26. The highest BCUT2D eigenvalue weighted by molar-refractivity contribution is 5.79. The molecule has 1 N–H and O–H groups in total. The molecule has 0 aromatic heterocycles. The normalized spacial score (nSPS) is 25.0. The van der Waals surface area contributed by atoms with E-state index in [4.69, 9.17) is 0 Å². The standard InChI is InChI=1S/C23H34N4O2/c1-23(2)17-26(22(29)24-14-18-8-4-3-5-9-18)16-20-15-25(12-13-27(20)23)21(28)19-10-6-7-11-19/h3-5,8-9,19-20H,6-7,10-17H2,1-2H3,(H,24,29)/t20-/m0/s1. The molecule has 2 saturated heterocycles. The first-order valence-corrected chi connectivity index (χ1v) is 11.1. The summed E-state index contributed by atoms with van der Waals surface area (Å²) >= 11 is 0. The molecule has 1 atom stereocenters. The van der Waals surface area contributed by atoms with Crippen LogP contribution in [0.4, 0.5) is 4.79 Å². The highest BCUT2D eigenvalue weighted by Gasteiger charge is 2.45. The second-order valence-electron chi connectivity index (χ2n) is 9.45. The number of piperazine rings is 2. The van der Waals surface area contributed by atoms with E-state index in [0.717, 1.165) is 38.0 Å². The molecule has 2 heterocycles. The van der Waals surface area contributed by atoms with Crippen LogP contribution in [0.3, 0.4) is 0 Å². The Morgan fingerprint density at radius 3 is 2.45 bits per heavy atom. The van der Waals surface area contributed by atoms with Gasteiger partial charge in [0.15, 0.2) is 0 Å². The van der Waals surface area contributed by atoms with Crippen molar-refractivity contribution in [2.75, 3.05) is 32.7 Å². The van der Waals surface area contributed by atoms with Gasteiger partial charge in [0.1, 0.15) is 0 Å². The van der Waals surface area contributed by atoms with E-state index in [9.17, 15) is 9.59 Å². The summed E-state index contributed by atoms with van der Waals surface area (Å²) in [5.41, 5.74) is 1.01.